The second-order valence-electron chi connectivity index (χ2n) is 6.77. The van der Waals surface area contributed by atoms with Crippen LogP contribution in [0.5, 0.6) is 0 Å². The van der Waals surface area contributed by atoms with Crippen LogP contribution in [-0.2, 0) is 5.72 Å². The van der Waals surface area contributed by atoms with E-state index in [0.29, 0.717) is 6.54 Å². The molecule has 2 aromatic carbocycles. The summed E-state index contributed by atoms with van der Waals surface area (Å²) in [4.78, 5) is 2.25. The van der Waals surface area contributed by atoms with E-state index in [0.717, 1.165) is 35.7 Å². The summed E-state index contributed by atoms with van der Waals surface area (Å²) in [7, 11) is 0. The molecule has 24 heavy (non-hydrogen) atoms. The molecule has 0 radical (unpaired) electrons. The van der Waals surface area contributed by atoms with Crippen molar-refractivity contribution in [2.75, 3.05) is 18.0 Å². The van der Waals surface area contributed by atoms with Crippen LogP contribution in [0.2, 0.25) is 5.02 Å². The van der Waals surface area contributed by atoms with E-state index in [1.165, 1.54) is 17.8 Å². The topological polar surface area (TPSA) is 26.5 Å². The first-order chi connectivity index (χ1) is 11.6. The molecule has 2 heterocycles. The van der Waals surface area contributed by atoms with Crippen molar-refractivity contribution in [2.45, 2.75) is 31.9 Å². The van der Waals surface area contributed by atoms with Crippen LogP contribution < -0.4 is 4.90 Å². The standard InChI is InChI=1S/C20H22ClN2O/c1-15-5-7-16(8-6-15)20(24)14-22(18-11-9-17(21)10-12-18)19-4-2-3-13-23(19)20/h5-12,24H,2-4,13-14H2,1H3/q+1/t20-/m0/s1. The van der Waals surface area contributed by atoms with Crippen molar-refractivity contribution in [3.05, 3.63) is 64.7 Å². The summed E-state index contributed by atoms with van der Waals surface area (Å²) in [6.45, 7) is 3.51. The smallest absolute Gasteiger partial charge is 0.271 e. The molecule has 124 valence electrons. The third-order valence-corrected chi connectivity index (χ3v) is 5.38. The average molecular weight is 342 g/mol. The van der Waals surface area contributed by atoms with Gasteiger partial charge in [0.1, 0.15) is 5.69 Å². The van der Waals surface area contributed by atoms with Gasteiger partial charge in [-0.2, -0.15) is 0 Å². The Bertz CT molecular complexity index is 782. The predicted octanol–water partition coefficient (Wildman–Crippen LogP) is 3.91. The van der Waals surface area contributed by atoms with Gasteiger partial charge in [-0.25, -0.2) is 9.48 Å². The van der Waals surface area contributed by atoms with Crippen LogP contribution in [0.3, 0.4) is 0 Å². The molecule has 0 aliphatic carbocycles. The molecule has 2 aromatic rings. The number of hydrogen-bond acceptors (Lipinski definition) is 2. The SMILES string of the molecule is Cc1ccc([C@@]2(O)CN(c3ccc(Cl)cc3)C3=[N+]2CCCC3)cc1. The fourth-order valence-electron chi connectivity index (χ4n) is 3.82. The van der Waals surface area contributed by atoms with E-state index in [9.17, 15) is 5.11 Å². The Morgan fingerprint density at radius 1 is 1.04 bits per heavy atom. The maximum Gasteiger partial charge on any atom is 0.271 e. The Balaban J connectivity index is 1.78. The molecule has 3 nitrogen and oxygen atoms in total. The Morgan fingerprint density at radius 3 is 2.46 bits per heavy atom. The van der Waals surface area contributed by atoms with Gasteiger partial charge in [-0.15, -0.1) is 0 Å². The average Bonchev–Trinajstić information content (AvgIpc) is 2.91. The molecular weight excluding hydrogens is 320 g/mol. The molecule has 4 heteroatoms. The summed E-state index contributed by atoms with van der Waals surface area (Å²) in [6, 6.07) is 16.1. The number of aliphatic hydroxyl groups is 1. The van der Waals surface area contributed by atoms with Crippen LogP contribution in [0.1, 0.15) is 30.4 Å². The number of hydrogen-bond donors (Lipinski definition) is 1. The highest BCUT2D eigenvalue weighted by Gasteiger charge is 2.52. The van der Waals surface area contributed by atoms with E-state index in [-0.39, 0.29) is 0 Å². The maximum atomic E-state index is 11.6. The van der Waals surface area contributed by atoms with Crippen molar-refractivity contribution in [2.24, 2.45) is 0 Å². The Hall–Kier alpha value is -1.84. The molecule has 1 N–H and O–H groups in total. The molecule has 0 bridgehead atoms. The second kappa shape index (κ2) is 5.91. The van der Waals surface area contributed by atoms with Crippen molar-refractivity contribution < 1.29 is 9.68 Å². The molecule has 0 amide bonds. The highest BCUT2D eigenvalue weighted by Crippen LogP contribution is 2.36. The molecule has 0 saturated carbocycles. The summed E-state index contributed by atoms with van der Waals surface area (Å²) >= 11 is 6.04. The highest BCUT2D eigenvalue weighted by atomic mass is 35.5. The second-order valence-corrected chi connectivity index (χ2v) is 7.21. The van der Waals surface area contributed by atoms with E-state index in [4.69, 9.17) is 11.6 Å². The van der Waals surface area contributed by atoms with E-state index >= 15 is 0 Å². The fourth-order valence-corrected chi connectivity index (χ4v) is 3.95. The lowest BCUT2D eigenvalue weighted by atomic mass is 10.0. The van der Waals surface area contributed by atoms with E-state index < -0.39 is 5.72 Å². The Morgan fingerprint density at radius 2 is 1.75 bits per heavy atom. The molecule has 0 aromatic heterocycles. The van der Waals surface area contributed by atoms with Crippen molar-refractivity contribution in [1.29, 1.82) is 0 Å². The van der Waals surface area contributed by atoms with Gasteiger partial charge < -0.3 is 5.11 Å². The van der Waals surface area contributed by atoms with Crippen LogP contribution in [-0.4, -0.2) is 28.6 Å². The zero-order chi connectivity index (χ0) is 16.7. The number of amidine groups is 1. The van der Waals surface area contributed by atoms with E-state index in [1.807, 2.05) is 36.4 Å². The summed E-state index contributed by atoms with van der Waals surface area (Å²) in [5, 5.41) is 12.3. The molecule has 2 aliphatic heterocycles. The minimum atomic E-state index is -0.969. The molecule has 0 fully saturated rings. The lowest BCUT2D eigenvalue weighted by molar-refractivity contribution is -0.661. The molecule has 0 spiro atoms. The minimum Gasteiger partial charge on any atom is -0.346 e. The molecule has 0 unspecified atom stereocenters. The lowest BCUT2D eigenvalue weighted by Crippen LogP contribution is -2.41. The number of halogens is 1. The summed E-state index contributed by atoms with van der Waals surface area (Å²) in [6.07, 6.45) is 3.28. The summed E-state index contributed by atoms with van der Waals surface area (Å²) in [5.41, 5.74) is 2.29. The summed E-state index contributed by atoms with van der Waals surface area (Å²) in [5.74, 6) is 1.21. The maximum absolute atomic E-state index is 11.6. The van der Waals surface area contributed by atoms with Gasteiger partial charge in [0.25, 0.3) is 11.6 Å². The van der Waals surface area contributed by atoms with Gasteiger partial charge in [0.15, 0.2) is 6.54 Å². The Labute approximate surface area is 147 Å². The number of rotatable bonds is 2. The van der Waals surface area contributed by atoms with Crippen LogP contribution in [0, 0.1) is 6.92 Å². The van der Waals surface area contributed by atoms with Gasteiger partial charge in [0.2, 0.25) is 0 Å². The first kappa shape index (κ1) is 15.7. The number of nitrogens with zero attached hydrogens (tertiary/aromatic N) is 2. The molecule has 4 rings (SSSR count). The highest BCUT2D eigenvalue weighted by molar-refractivity contribution is 6.30. The largest absolute Gasteiger partial charge is 0.346 e. The van der Waals surface area contributed by atoms with Crippen molar-refractivity contribution in [1.82, 2.24) is 0 Å². The summed E-state index contributed by atoms with van der Waals surface area (Å²) < 4.78 is 2.19. The first-order valence-corrected chi connectivity index (χ1v) is 8.92. The van der Waals surface area contributed by atoms with Gasteiger partial charge >= 0.3 is 0 Å². The normalized spacial score (nSPS) is 23.5. The van der Waals surface area contributed by atoms with Crippen LogP contribution >= 0.6 is 11.6 Å². The minimum absolute atomic E-state index is 0.549. The molecular formula is C20H22ClN2O+. The third-order valence-electron chi connectivity index (χ3n) is 5.13. The van der Waals surface area contributed by atoms with Gasteiger partial charge in [-0.05, 0) is 44.0 Å². The van der Waals surface area contributed by atoms with Gasteiger partial charge in [-0.3, -0.25) is 0 Å². The Kier molecular flexibility index (Phi) is 3.86. The quantitative estimate of drug-likeness (QED) is 0.838. The van der Waals surface area contributed by atoms with Gasteiger partial charge in [-0.1, -0.05) is 41.4 Å². The van der Waals surface area contributed by atoms with Crippen molar-refractivity contribution in [3.63, 3.8) is 0 Å². The zero-order valence-corrected chi connectivity index (χ0v) is 14.6. The number of benzene rings is 2. The lowest BCUT2D eigenvalue weighted by Gasteiger charge is -2.24. The molecule has 2 aliphatic rings. The van der Waals surface area contributed by atoms with Gasteiger partial charge in [0, 0.05) is 17.0 Å². The number of aryl methyl sites for hydroxylation is 1. The zero-order valence-electron chi connectivity index (χ0n) is 13.9. The first-order valence-electron chi connectivity index (χ1n) is 8.54. The van der Waals surface area contributed by atoms with Crippen LogP contribution in [0.4, 0.5) is 5.69 Å². The number of anilines is 1. The molecule has 0 saturated heterocycles. The fraction of sp³-hybridized carbons (Fsp3) is 0.350. The third kappa shape index (κ3) is 2.52. The van der Waals surface area contributed by atoms with Crippen LogP contribution in [0.25, 0.3) is 0 Å². The monoisotopic (exact) mass is 341 g/mol. The van der Waals surface area contributed by atoms with Crippen LogP contribution in [0.15, 0.2) is 48.5 Å². The predicted molar refractivity (Wildman–Crippen MR) is 97.9 cm³/mol. The molecule has 1 atom stereocenters. The van der Waals surface area contributed by atoms with Crippen molar-refractivity contribution >= 4 is 23.1 Å². The van der Waals surface area contributed by atoms with E-state index in [1.54, 1.807) is 0 Å². The van der Waals surface area contributed by atoms with Crippen molar-refractivity contribution in [3.8, 4) is 0 Å². The number of β-amino-alcohol motifs (C(OH)–C–C–N with tert-alkyl or cyclic N) is 1. The van der Waals surface area contributed by atoms with E-state index in [2.05, 4.69) is 28.5 Å². The van der Waals surface area contributed by atoms with Gasteiger partial charge in [0.05, 0.1) is 6.54 Å².